The third kappa shape index (κ3) is 3.07. The molecule has 1 aliphatic rings. The molecule has 0 N–H and O–H groups in total. The lowest BCUT2D eigenvalue weighted by atomic mass is 10.1. The van der Waals surface area contributed by atoms with Crippen LogP contribution in [0, 0.1) is 0 Å². The molecule has 8 heteroatoms. The predicted octanol–water partition coefficient (Wildman–Crippen LogP) is 2.12. The van der Waals surface area contributed by atoms with Crippen LogP contribution in [0.4, 0.5) is 5.69 Å². The third-order valence-electron chi connectivity index (χ3n) is 3.47. The number of hydrogen-bond donors (Lipinski definition) is 0. The molecule has 0 fully saturated rings. The van der Waals surface area contributed by atoms with E-state index in [1.165, 1.54) is 0 Å². The van der Waals surface area contributed by atoms with E-state index in [0.29, 0.717) is 11.6 Å². The van der Waals surface area contributed by atoms with Gasteiger partial charge in [0.25, 0.3) is 0 Å². The van der Waals surface area contributed by atoms with Gasteiger partial charge in [0.05, 0.1) is 18.8 Å². The Labute approximate surface area is 133 Å². The quantitative estimate of drug-likeness (QED) is 0.849. The Kier molecular flexibility index (Phi) is 4.05. The molecule has 3 rings (SSSR count). The molecule has 1 aromatic carbocycles. The van der Waals surface area contributed by atoms with Crippen molar-refractivity contribution in [3.8, 4) is 5.75 Å². The van der Waals surface area contributed by atoms with Gasteiger partial charge in [-0.1, -0.05) is 30.4 Å². The molecular formula is C14H17N3O3S2. The normalized spacial score (nSPS) is 17.9. The number of aromatic nitrogens is 2. The first-order valence-corrected chi connectivity index (χ1v) is 9.71. The zero-order chi connectivity index (χ0) is 15.7. The van der Waals surface area contributed by atoms with Gasteiger partial charge < -0.3 is 9.64 Å². The first-order chi connectivity index (χ1) is 10.5. The van der Waals surface area contributed by atoms with Gasteiger partial charge in [0.2, 0.25) is 14.2 Å². The lowest BCUT2D eigenvalue weighted by Gasteiger charge is -2.35. The molecule has 0 amide bonds. The van der Waals surface area contributed by atoms with Gasteiger partial charge in [0.15, 0.2) is 0 Å². The molecule has 22 heavy (non-hydrogen) atoms. The van der Waals surface area contributed by atoms with Crippen molar-refractivity contribution >= 4 is 26.9 Å². The Morgan fingerprint density at radius 2 is 2.14 bits per heavy atom. The van der Waals surface area contributed by atoms with Crippen LogP contribution in [-0.4, -0.2) is 37.5 Å². The summed E-state index contributed by atoms with van der Waals surface area (Å²) in [6.45, 7) is 3.37. The van der Waals surface area contributed by atoms with Gasteiger partial charge in [-0.3, -0.25) is 0 Å². The largest absolute Gasteiger partial charge is 0.486 e. The fourth-order valence-corrected chi connectivity index (χ4v) is 4.02. The summed E-state index contributed by atoms with van der Waals surface area (Å²) in [5, 5.41) is 8.47. The van der Waals surface area contributed by atoms with Gasteiger partial charge in [0, 0.05) is 6.26 Å². The number of anilines is 1. The van der Waals surface area contributed by atoms with Crippen molar-refractivity contribution in [3.63, 3.8) is 0 Å². The monoisotopic (exact) mass is 339 g/mol. The Bertz CT molecular complexity index is 773. The molecule has 1 atom stereocenters. The van der Waals surface area contributed by atoms with Crippen molar-refractivity contribution in [2.75, 3.05) is 17.7 Å². The van der Waals surface area contributed by atoms with Crippen LogP contribution in [0.25, 0.3) is 0 Å². The summed E-state index contributed by atoms with van der Waals surface area (Å²) < 4.78 is 29.0. The number of fused-ring (bicyclic) bond motifs is 1. The molecule has 0 unspecified atom stereocenters. The first kappa shape index (κ1) is 15.2. The summed E-state index contributed by atoms with van der Waals surface area (Å²) in [5.74, 6) is 0.855. The molecule has 0 bridgehead atoms. The van der Waals surface area contributed by atoms with E-state index in [9.17, 15) is 8.42 Å². The third-order valence-corrected chi connectivity index (χ3v) is 6.05. The molecular weight excluding hydrogens is 322 g/mol. The second-order valence-corrected chi connectivity index (χ2v) is 8.48. The Balaban J connectivity index is 1.87. The van der Waals surface area contributed by atoms with Crippen molar-refractivity contribution in [1.29, 1.82) is 0 Å². The van der Waals surface area contributed by atoms with Crippen LogP contribution >= 0.6 is 11.3 Å². The average Bonchev–Trinajstić information content (AvgIpc) is 2.96. The number of hydrogen-bond acceptors (Lipinski definition) is 7. The van der Waals surface area contributed by atoms with Crippen LogP contribution in [0.2, 0.25) is 0 Å². The fraction of sp³-hybridized carbons (Fsp3) is 0.429. The van der Waals surface area contributed by atoms with Crippen LogP contribution in [0.5, 0.6) is 5.75 Å². The second kappa shape index (κ2) is 5.85. The van der Waals surface area contributed by atoms with E-state index in [1.54, 1.807) is 0 Å². The zero-order valence-electron chi connectivity index (χ0n) is 12.4. The molecule has 0 radical (unpaired) electrons. The number of sulfone groups is 1. The van der Waals surface area contributed by atoms with E-state index in [-0.39, 0.29) is 10.4 Å². The van der Waals surface area contributed by atoms with Gasteiger partial charge in [-0.25, -0.2) is 8.42 Å². The highest BCUT2D eigenvalue weighted by atomic mass is 32.2. The molecule has 2 heterocycles. The van der Waals surface area contributed by atoms with E-state index in [2.05, 4.69) is 22.0 Å². The highest BCUT2D eigenvalue weighted by Crippen LogP contribution is 2.35. The van der Waals surface area contributed by atoms with E-state index in [4.69, 9.17) is 4.74 Å². The standard InChI is InChI=1S/C14H17N3O3S2/c1-3-10-8-17(11-6-4-5-7-12(11)20-10)9-13-15-16-14(21-13)22(2,18)19/h4-7,10H,3,8-9H2,1-2H3/t10-/m1/s1. The minimum absolute atomic E-state index is 0.0658. The van der Waals surface area contributed by atoms with Crippen LogP contribution in [0.15, 0.2) is 28.6 Å². The second-order valence-electron chi connectivity index (χ2n) is 5.23. The SMILES string of the molecule is CC[C@@H]1CN(Cc2nnc(S(C)(=O)=O)s2)c2ccccc2O1. The zero-order valence-corrected chi connectivity index (χ0v) is 14.0. The summed E-state index contributed by atoms with van der Waals surface area (Å²) in [5.41, 5.74) is 1.00. The molecule has 1 aromatic heterocycles. The van der Waals surface area contributed by atoms with Crippen LogP contribution in [-0.2, 0) is 16.4 Å². The smallest absolute Gasteiger partial charge is 0.232 e. The molecule has 6 nitrogen and oxygen atoms in total. The van der Waals surface area contributed by atoms with E-state index in [1.807, 2.05) is 24.3 Å². The maximum Gasteiger partial charge on any atom is 0.232 e. The van der Waals surface area contributed by atoms with Gasteiger partial charge in [-0.2, -0.15) is 0 Å². The van der Waals surface area contributed by atoms with E-state index in [0.717, 1.165) is 42.0 Å². The summed E-state index contributed by atoms with van der Waals surface area (Å²) in [4.78, 5) is 2.17. The average molecular weight is 339 g/mol. The molecule has 0 saturated carbocycles. The minimum Gasteiger partial charge on any atom is -0.486 e. The molecule has 0 saturated heterocycles. The molecule has 2 aromatic rings. The summed E-state index contributed by atoms with van der Waals surface area (Å²) in [6, 6.07) is 7.86. The Hall–Kier alpha value is -1.67. The van der Waals surface area contributed by atoms with Gasteiger partial charge >= 0.3 is 0 Å². The maximum atomic E-state index is 11.5. The molecule has 118 valence electrons. The Morgan fingerprint density at radius 1 is 1.36 bits per heavy atom. The van der Waals surface area contributed by atoms with Crippen LogP contribution in [0.3, 0.4) is 0 Å². The first-order valence-electron chi connectivity index (χ1n) is 7.00. The predicted molar refractivity (Wildman–Crippen MR) is 85.2 cm³/mol. The Morgan fingerprint density at radius 3 is 2.82 bits per heavy atom. The molecule has 0 spiro atoms. The van der Waals surface area contributed by atoms with E-state index < -0.39 is 9.84 Å². The summed E-state index contributed by atoms with van der Waals surface area (Å²) in [7, 11) is -3.30. The highest BCUT2D eigenvalue weighted by molar-refractivity contribution is 7.92. The van der Waals surface area contributed by atoms with Gasteiger partial charge in [-0.15, -0.1) is 10.2 Å². The van der Waals surface area contributed by atoms with Crippen molar-refractivity contribution in [2.24, 2.45) is 0 Å². The number of para-hydroxylation sites is 2. The topological polar surface area (TPSA) is 72.4 Å². The van der Waals surface area contributed by atoms with Crippen LogP contribution in [0.1, 0.15) is 18.4 Å². The number of nitrogens with zero attached hydrogens (tertiary/aromatic N) is 3. The number of rotatable bonds is 4. The lowest BCUT2D eigenvalue weighted by molar-refractivity contribution is 0.188. The number of ether oxygens (including phenoxy) is 1. The van der Waals surface area contributed by atoms with Crippen molar-refractivity contribution in [1.82, 2.24) is 10.2 Å². The lowest BCUT2D eigenvalue weighted by Crippen LogP contribution is -2.39. The fourth-order valence-electron chi connectivity index (χ4n) is 2.36. The maximum absolute atomic E-state index is 11.5. The summed E-state index contributed by atoms with van der Waals surface area (Å²) >= 11 is 1.12. The van der Waals surface area contributed by atoms with Crippen molar-refractivity contribution in [2.45, 2.75) is 30.3 Å². The van der Waals surface area contributed by atoms with Gasteiger partial charge in [-0.05, 0) is 18.6 Å². The molecule has 0 aliphatic carbocycles. The van der Waals surface area contributed by atoms with Crippen molar-refractivity contribution in [3.05, 3.63) is 29.3 Å². The highest BCUT2D eigenvalue weighted by Gasteiger charge is 2.25. The van der Waals surface area contributed by atoms with E-state index >= 15 is 0 Å². The van der Waals surface area contributed by atoms with Crippen molar-refractivity contribution < 1.29 is 13.2 Å². The summed E-state index contributed by atoms with van der Waals surface area (Å²) in [6.07, 6.45) is 2.18. The van der Waals surface area contributed by atoms with Gasteiger partial charge in [0.1, 0.15) is 16.9 Å². The number of benzene rings is 1. The minimum atomic E-state index is -3.30. The van der Waals surface area contributed by atoms with Crippen LogP contribution < -0.4 is 9.64 Å². The molecule has 1 aliphatic heterocycles.